The molecule has 0 atom stereocenters. The van der Waals surface area contributed by atoms with Gasteiger partial charge in [0.1, 0.15) is 10.7 Å². The van der Waals surface area contributed by atoms with Crippen molar-refractivity contribution in [3.8, 4) is 0 Å². The van der Waals surface area contributed by atoms with Crippen LogP contribution in [-0.2, 0) is 5.54 Å². The van der Waals surface area contributed by atoms with E-state index in [1.165, 1.54) is 29.7 Å². The maximum Gasteiger partial charge on any atom is 0.354 e. The number of nitrogens with zero attached hydrogens (tertiary/aromatic N) is 2. The Morgan fingerprint density at radius 1 is 1.23 bits per heavy atom. The first-order valence-electron chi connectivity index (χ1n) is 7.03. The number of rotatable bonds is 4. The van der Waals surface area contributed by atoms with Gasteiger partial charge in [0.05, 0.1) is 5.54 Å². The Bertz CT molecular complexity index is 694. The van der Waals surface area contributed by atoms with Crippen LogP contribution in [0, 0.1) is 0 Å². The van der Waals surface area contributed by atoms with Crippen LogP contribution in [0.15, 0.2) is 29.9 Å². The first-order valence-corrected chi connectivity index (χ1v) is 7.90. The minimum Gasteiger partial charge on any atom is -0.477 e. The first-order chi connectivity index (χ1) is 10.6. The van der Waals surface area contributed by atoms with Crippen molar-refractivity contribution in [3.63, 3.8) is 0 Å². The molecule has 0 saturated heterocycles. The second-order valence-corrected chi connectivity index (χ2v) is 6.21. The van der Waals surface area contributed by atoms with Crippen LogP contribution in [0.2, 0.25) is 0 Å². The summed E-state index contributed by atoms with van der Waals surface area (Å²) in [6.07, 6.45) is 6.85. The smallest absolute Gasteiger partial charge is 0.354 e. The van der Waals surface area contributed by atoms with E-state index in [9.17, 15) is 9.59 Å². The van der Waals surface area contributed by atoms with E-state index >= 15 is 0 Å². The van der Waals surface area contributed by atoms with Crippen LogP contribution in [0.1, 0.15) is 51.5 Å². The summed E-state index contributed by atoms with van der Waals surface area (Å²) in [6.45, 7) is 0. The standard InChI is InChI=1S/C15H15N3O3S/c19-12(10-3-6-16-11(9-10)13(20)21)18-15(4-1-2-5-15)14-17-7-8-22-14/h3,6-9H,1-2,4-5H2,(H,18,19)(H,20,21). The third-order valence-electron chi connectivity index (χ3n) is 3.89. The molecule has 0 unspecified atom stereocenters. The average Bonchev–Trinajstić information content (AvgIpc) is 3.19. The highest BCUT2D eigenvalue weighted by molar-refractivity contribution is 7.09. The molecule has 3 rings (SSSR count). The van der Waals surface area contributed by atoms with Gasteiger partial charge in [-0.15, -0.1) is 11.3 Å². The number of amides is 1. The molecule has 2 N–H and O–H groups in total. The molecule has 0 aromatic carbocycles. The molecule has 22 heavy (non-hydrogen) atoms. The maximum absolute atomic E-state index is 12.5. The Morgan fingerprint density at radius 3 is 2.64 bits per heavy atom. The molecule has 0 radical (unpaired) electrons. The lowest BCUT2D eigenvalue weighted by molar-refractivity contribution is 0.0690. The van der Waals surface area contributed by atoms with Gasteiger partial charge in [0.2, 0.25) is 0 Å². The zero-order chi connectivity index (χ0) is 15.6. The van der Waals surface area contributed by atoms with Crippen molar-refractivity contribution in [2.75, 3.05) is 0 Å². The van der Waals surface area contributed by atoms with Crippen LogP contribution in [0.25, 0.3) is 0 Å². The lowest BCUT2D eigenvalue weighted by Crippen LogP contribution is -2.43. The summed E-state index contributed by atoms with van der Waals surface area (Å²) in [4.78, 5) is 31.6. The number of thiazole rings is 1. The number of nitrogens with one attached hydrogen (secondary N) is 1. The third-order valence-corrected chi connectivity index (χ3v) is 4.87. The molecular formula is C15H15N3O3S. The number of carboxylic acids is 1. The average molecular weight is 317 g/mol. The summed E-state index contributed by atoms with van der Waals surface area (Å²) in [5.41, 5.74) is -0.268. The van der Waals surface area contributed by atoms with Gasteiger partial charge in [-0.1, -0.05) is 12.8 Å². The van der Waals surface area contributed by atoms with Gasteiger partial charge in [-0.3, -0.25) is 4.79 Å². The zero-order valence-corrected chi connectivity index (χ0v) is 12.6. The number of aromatic carboxylic acids is 1. The maximum atomic E-state index is 12.5. The summed E-state index contributed by atoms with van der Waals surface area (Å²) in [7, 11) is 0. The van der Waals surface area contributed by atoms with Crippen LogP contribution in [0.4, 0.5) is 0 Å². The van der Waals surface area contributed by atoms with E-state index in [2.05, 4.69) is 15.3 Å². The van der Waals surface area contributed by atoms with E-state index in [1.807, 2.05) is 5.38 Å². The molecule has 0 aliphatic heterocycles. The quantitative estimate of drug-likeness (QED) is 0.903. The van der Waals surface area contributed by atoms with E-state index < -0.39 is 11.5 Å². The van der Waals surface area contributed by atoms with Gasteiger partial charge < -0.3 is 10.4 Å². The van der Waals surface area contributed by atoms with Gasteiger partial charge >= 0.3 is 5.97 Å². The van der Waals surface area contributed by atoms with Crippen LogP contribution in [0.3, 0.4) is 0 Å². The van der Waals surface area contributed by atoms with Crippen molar-refractivity contribution in [2.45, 2.75) is 31.2 Å². The Hall–Kier alpha value is -2.28. The molecule has 0 spiro atoms. The number of carbonyl (C=O) groups excluding carboxylic acids is 1. The predicted octanol–water partition coefficient (Wildman–Crippen LogP) is 2.44. The number of carbonyl (C=O) groups is 2. The number of hydrogen-bond donors (Lipinski definition) is 2. The molecule has 2 heterocycles. The largest absolute Gasteiger partial charge is 0.477 e. The molecule has 2 aromatic heterocycles. The van der Waals surface area contributed by atoms with E-state index in [4.69, 9.17) is 5.11 Å². The minimum atomic E-state index is -1.15. The summed E-state index contributed by atoms with van der Waals surface area (Å²) in [5.74, 6) is -1.44. The van der Waals surface area contributed by atoms with Gasteiger partial charge in [0, 0.05) is 23.3 Å². The second kappa shape index (κ2) is 5.84. The summed E-state index contributed by atoms with van der Waals surface area (Å²) in [5, 5.41) is 14.8. The van der Waals surface area contributed by atoms with Crippen LogP contribution in [-0.4, -0.2) is 27.0 Å². The highest BCUT2D eigenvalue weighted by Gasteiger charge is 2.39. The monoisotopic (exact) mass is 317 g/mol. The molecule has 7 heteroatoms. The van der Waals surface area contributed by atoms with Gasteiger partial charge in [0.25, 0.3) is 5.91 Å². The number of pyridine rings is 1. The predicted molar refractivity (Wildman–Crippen MR) is 80.9 cm³/mol. The van der Waals surface area contributed by atoms with Crippen molar-refractivity contribution >= 4 is 23.2 Å². The first kappa shape index (κ1) is 14.6. The van der Waals surface area contributed by atoms with E-state index in [0.29, 0.717) is 5.56 Å². The Morgan fingerprint density at radius 2 is 2.00 bits per heavy atom. The Kier molecular flexibility index (Phi) is 3.89. The van der Waals surface area contributed by atoms with E-state index in [0.717, 1.165) is 30.7 Å². The van der Waals surface area contributed by atoms with E-state index in [-0.39, 0.29) is 11.6 Å². The van der Waals surface area contributed by atoms with Crippen molar-refractivity contribution in [1.82, 2.24) is 15.3 Å². The van der Waals surface area contributed by atoms with Crippen LogP contribution >= 0.6 is 11.3 Å². The van der Waals surface area contributed by atoms with E-state index in [1.54, 1.807) is 6.20 Å². The number of carboxylic acid groups (broad SMARTS) is 1. The zero-order valence-electron chi connectivity index (χ0n) is 11.8. The van der Waals surface area contributed by atoms with Gasteiger partial charge in [-0.2, -0.15) is 0 Å². The third kappa shape index (κ3) is 2.71. The van der Waals surface area contributed by atoms with Gasteiger partial charge in [-0.25, -0.2) is 14.8 Å². The van der Waals surface area contributed by atoms with Crippen LogP contribution < -0.4 is 5.32 Å². The minimum absolute atomic E-state index is 0.137. The summed E-state index contributed by atoms with van der Waals surface area (Å²) in [6, 6.07) is 2.81. The summed E-state index contributed by atoms with van der Waals surface area (Å²) < 4.78 is 0. The lowest BCUT2D eigenvalue weighted by atomic mass is 9.97. The fraction of sp³-hybridized carbons (Fsp3) is 0.333. The molecule has 1 aliphatic rings. The highest BCUT2D eigenvalue weighted by atomic mass is 32.1. The molecule has 1 fully saturated rings. The SMILES string of the molecule is O=C(NC1(c2nccs2)CCCC1)c1ccnc(C(=O)O)c1. The molecule has 2 aromatic rings. The molecule has 6 nitrogen and oxygen atoms in total. The number of hydrogen-bond acceptors (Lipinski definition) is 5. The topological polar surface area (TPSA) is 92.2 Å². The fourth-order valence-corrected chi connectivity index (χ4v) is 3.66. The summed E-state index contributed by atoms with van der Waals surface area (Å²) >= 11 is 1.53. The van der Waals surface area contributed by atoms with Crippen molar-refractivity contribution in [1.29, 1.82) is 0 Å². The lowest BCUT2D eigenvalue weighted by Gasteiger charge is -2.28. The molecule has 1 saturated carbocycles. The molecular weight excluding hydrogens is 302 g/mol. The van der Waals surface area contributed by atoms with Gasteiger partial charge in [-0.05, 0) is 25.0 Å². The fourth-order valence-electron chi connectivity index (χ4n) is 2.81. The highest BCUT2D eigenvalue weighted by Crippen LogP contribution is 2.39. The molecule has 1 amide bonds. The van der Waals surface area contributed by atoms with Crippen molar-refractivity contribution in [3.05, 3.63) is 46.2 Å². The molecule has 114 valence electrons. The van der Waals surface area contributed by atoms with Crippen molar-refractivity contribution < 1.29 is 14.7 Å². The molecule has 1 aliphatic carbocycles. The van der Waals surface area contributed by atoms with Crippen molar-refractivity contribution in [2.24, 2.45) is 0 Å². The van der Waals surface area contributed by atoms with Crippen LogP contribution in [0.5, 0.6) is 0 Å². The molecule has 0 bridgehead atoms. The Balaban J connectivity index is 1.86. The number of aromatic nitrogens is 2. The second-order valence-electron chi connectivity index (χ2n) is 5.32. The van der Waals surface area contributed by atoms with Gasteiger partial charge in [0.15, 0.2) is 0 Å². The Labute approximate surface area is 131 Å². The normalized spacial score (nSPS) is 16.4.